The molecule has 1 aliphatic carbocycles. The minimum atomic E-state index is -1.07. The van der Waals surface area contributed by atoms with Gasteiger partial charge >= 0.3 is 0 Å². The first-order chi connectivity index (χ1) is 11.5. The van der Waals surface area contributed by atoms with E-state index < -0.39 is 5.41 Å². The predicted molar refractivity (Wildman–Crippen MR) is 93.5 cm³/mol. The van der Waals surface area contributed by atoms with Crippen molar-refractivity contribution in [2.24, 2.45) is 5.41 Å². The summed E-state index contributed by atoms with van der Waals surface area (Å²) in [7, 11) is 1.59. The van der Waals surface area contributed by atoms with Crippen LogP contribution in [0.4, 0.5) is 5.69 Å². The molecule has 1 N–H and O–H groups in total. The van der Waals surface area contributed by atoms with E-state index in [4.69, 9.17) is 27.9 Å². The molecule has 1 aliphatic rings. The summed E-state index contributed by atoms with van der Waals surface area (Å²) in [6.07, 6.45) is 0.479. The third-order valence-corrected chi connectivity index (χ3v) is 4.81. The first-order valence-corrected chi connectivity index (χ1v) is 8.07. The molecule has 2 atom stereocenters. The number of hydrogen-bond donors (Lipinski definition) is 1. The largest absolute Gasteiger partial charge is 0.497 e. The second-order valence-corrected chi connectivity index (χ2v) is 6.53. The van der Waals surface area contributed by atoms with Crippen molar-refractivity contribution in [1.29, 1.82) is 5.26 Å². The Morgan fingerprint density at radius 2 is 2.00 bits per heavy atom. The van der Waals surface area contributed by atoms with E-state index in [1.807, 2.05) is 24.3 Å². The summed E-state index contributed by atoms with van der Waals surface area (Å²) in [5.74, 6) is 0.244. The van der Waals surface area contributed by atoms with Crippen LogP contribution in [0.25, 0.3) is 0 Å². The lowest BCUT2D eigenvalue weighted by atomic mass is 9.99. The van der Waals surface area contributed by atoms with Gasteiger partial charge in [0.2, 0.25) is 5.91 Å². The van der Waals surface area contributed by atoms with E-state index in [2.05, 4.69) is 11.4 Å². The molecule has 2 aromatic carbocycles. The van der Waals surface area contributed by atoms with Gasteiger partial charge in [0.05, 0.1) is 23.9 Å². The van der Waals surface area contributed by atoms with Gasteiger partial charge < -0.3 is 10.1 Å². The highest BCUT2D eigenvalue weighted by Crippen LogP contribution is 2.59. The maximum atomic E-state index is 12.6. The Balaban J connectivity index is 1.79. The lowest BCUT2D eigenvalue weighted by molar-refractivity contribution is -0.119. The van der Waals surface area contributed by atoms with Crippen molar-refractivity contribution in [2.45, 2.75) is 12.3 Å². The smallest absolute Gasteiger partial charge is 0.245 e. The lowest BCUT2D eigenvalue weighted by Crippen LogP contribution is -2.24. The lowest BCUT2D eigenvalue weighted by Gasteiger charge is -2.12. The minimum Gasteiger partial charge on any atom is -0.497 e. The monoisotopic (exact) mass is 360 g/mol. The number of benzene rings is 2. The van der Waals surface area contributed by atoms with Crippen LogP contribution in [-0.4, -0.2) is 13.0 Å². The fourth-order valence-corrected chi connectivity index (χ4v) is 3.21. The standard InChI is InChI=1S/C18H14Cl2N2O2/c1-24-13-5-2-11(3-6-13)14-9-18(14,10-21)17(23)22-16-7-4-12(19)8-15(16)20/h2-8,14H,9H2,1H3,(H,22,23)/t14-,18+/m1/s1. The number of methoxy groups -OCH3 is 1. The van der Waals surface area contributed by atoms with Gasteiger partial charge in [0, 0.05) is 10.9 Å². The maximum absolute atomic E-state index is 12.6. The molecule has 2 aromatic rings. The highest BCUT2D eigenvalue weighted by atomic mass is 35.5. The van der Waals surface area contributed by atoms with Crippen LogP contribution in [0.1, 0.15) is 17.9 Å². The molecule has 0 saturated heterocycles. The van der Waals surface area contributed by atoms with Crippen LogP contribution >= 0.6 is 23.2 Å². The molecule has 0 radical (unpaired) electrons. The molecular weight excluding hydrogens is 347 g/mol. The first-order valence-electron chi connectivity index (χ1n) is 7.32. The minimum absolute atomic E-state index is 0.139. The second kappa shape index (κ2) is 6.35. The van der Waals surface area contributed by atoms with E-state index in [1.54, 1.807) is 25.3 Å². The number of nitriles is 1. The molecule has 6 heteroatoms. The Hall–Kier alpha value is -2.22. The third kappa shape index (κ3) is 2.93. The molecule has 0 bridgehead atoms. The van der Waals surface area contributed by atoms with Crippen molar-refractivity contribution in [2.75, 3.05) is 12.4 Å². The van der Waals surface area contributed by atoms with Crippen LogP contribution in [0, 0.1) is 16.7 Å². The van der Waals surface area contributed by atoms with Gasteiger partial charge in [-0.15, -0.1) is 0 Å². The van der Waals surface area contributed by atoms with Crippen molar-refractivity contribution >= 4 is 34.8 Å². The molecule has 0 aliphatic heterocycles. The Bertz CT molecular complexity index is 830. The number of amides is 1. The van der Waals surface area contributed by atoms with Crippen molar-refractivity contribution in [1.82, 2.24) is 0 Å². The molecule has 1 fully saturated rings. The zero-order valence-corrected chi connectivity index (χ0v) is 14.4. The average Bonchev–Trinajstić information content (AvgIpc) is 3.33. The summed E-state index contributed by atoms with van der Waals surface area (Å²) in [6.45, 7) is 0. The van der Waals surface area contributed by atoms with Gasteiger partial charge in [-0.2, -0.15) is 5.26 Å². The topological polar surface area (TPSA) is 62.1 Å². The number of rotatable bonds is 4. The number of nitrogens with one attached hydrogen (secondary N) is 1. The van der Waals surface area contributed by atoms with Gasteiger partial charge in [0.15, 0.2) is 0 Å². The molecule has 0 aromatic heterocycles. The van der Waals surface area contributed by atoms with Crippen molar-refractivity contribution in [3.05, 3.63) is 58.1 Å². The Morgan fingerprint density at radius 1 is 1.29 bits per heavy atom. The number of carbonyl (C=O) groups excluding carboxylic acids is 1. The van der Waals surface area contributed by atoms with Gasteiger partial charge in [0.1, 0.15) is 11.2 Å². The zero-order chi connectivity index (χ0) is 17.3. The number of anilines is 1. The van der Waals surface area contributed by atoms with Crippen molar-refractivity contribution in [3.8, 4) is 11.8 Å². The number of ether oxygens (including phenoxy) is 1. The van der Waals surface area contributed by atoms with E-state index in [9.17, 15) is 10.1 Å². The second-order valence-electron chi connectivity index (χ2n) is 5.69. The van der Waals surface area contributed by atoms with Gasteiger partial charge in [-0.3, -0.25) is 4.79 Å². The number of halogens is 2. The third-order valence-electron chi connectivity index (χ3n) is 4.26. The van der Waals surface area contributed by atoms with E-state index >= 15 is 0 Å². The van der Waals surface area contributed by atoms with E-state index in [0.29, 0.717) is 22.2 Å². The summed E-state index contributed by atoms with van der Waals surface area (Å²) in [6, 6.07) is 14.4. The quantitative estimate of drug-likeness (QED) is 0.863. The summed E-state index contributed by atoms with van der Waals surface area (Å²) < 4.78 is 5.13. The molecule has 24 heavy (non-hydrogen) atoms. The molecule has 122 valence electrons. The first kappa shape index (κ1) is 16.6. The van der Waals surface area contributed by atoms with Crippen molar-refractivity contribution < 1.29 is 9.53 Å². The fourth-order valence-electron chi connectivity index (χ4n) is 2.75. The van der Waals surface area contributed by atoms with E-state index in [-0.39, 0.29) is 11.8 Å². The molecule has 1 saturated carbocycles. The Labute approximate surface area is 149 Å². The highest BCUT2D eigenvalue weighted by molar-refractivity contribution is 6.36. The van der Waals surface area contributed by atoms with Gasteiger partial charge in [0.25, 0.3) is 0 Å². The SMILES string of the molecule is COc1ccc([C@H]2C[C@@]2(C#N)C(=O)Nc2ccc(Cl)cc2Cl)cc1. The number of nitrogens with zero attached hydrogens (tertiary/aromatic N) is 1. The summed E-state index contributed by atoms with van der Waals surface area (Å²) in [4.78, 5) is 12.6. The Morgan fingerprint density at radius 3 is 2.58 bits per heavy atom. The van der Waals surface area contributed by atoms with Crippen molar-refractivity contribution in [3.63, 3.8) is 0 Å². The van der Waals surface area contributed by atoms with Gasteiger partial charge in [-0.05, 0) is 42.3 Å². The number of hydrogen-bond acceptors (Lipinski definition) is 3. The maximum Gasteiger partial charge on any atom is 0.245 e. The van der Waals surface area contributed by atoms with Gasteiger partial charge in [-0.25, -0.2) is 0 Å². The fraction of sp³-hybridized carbons (Fsp3) is 0.222. The number of carbonyl (C=O) groups is 1. The molecule has 3 rings (SSSR count). The molecule has 0 heterocycles. The summed E-state index contributed by atoms with van der Waals surface area (Å²) in [5, 5.41) is 13.1. The van der Waals surface area contributed by atoms with Crippen LogP contribution in [0.15, 0.2) is 42.5 Å². The molecular formula is C18H14Cl2N2O2. The summed E-state index contributed by atoms with van der Waals surface area (Å²) in [5.41, 5.74) is 0.313. The van der Waals surface area contributed by atoms with Gasteiger partial charge in [-0.1, -0.05) is 35.3 Å². The van der Waals surface area contributed by atoms with E-state index in [0.717, 1.165) is 11.3 Å². The average molecular weight is 361 g/mol. The normalized spacial score (nSPS) is 21.7. The Kier molecular flexibility index (Phi) is 4.40. The van der Waals surface area contributed by atoms with Crippen LogP contribution in [0.3, 0.4) is 0 Å². The highest BCUT2D eigenvalue weighted by Gasteiger charge is 2.61. The predicted octanol–water partition coefficient (Wildman–Crippen LogP) is 4.64. The molecule has 0 unspecified atom stereocenters. The van der Waals surface area contributed by atoms with Crippen LogP contribution in [0.5, 0.6) is 5.75 Å². The molecule has 0 spiro atoms. The zero-order valence-electron chi connectivity index (χ0n) is 12.8. The molecule has 1 amide bonds. The van der Waals surface area contributed by atoms with Crippen LogP contribution < -0.4 is 10.1 Å². The summed E-state index contributed by atoms with van der Waals surface area (Å²) >= 11 is 11.9. The van der Waals surface area contributed by atoms with E-state index in [1.165, 1.54) is 0 Å². The van der Waals surface area contributed by atoms with Crippen LogP contribution in [0.2, 0.25) is 10.0 Å². The van der Waals surface area contributed by atoms with Crippen LogP contribution in [-0.2, 0) is 4.79 Å². The molecule has 4 nitrogen and oxygen atoms in total.